The van der Waals surface area contributed by atoms with Crippen molar-refractivity contribution in [2.75, 3.05) is 24.0 Å². The van der Waals surface area contributed by atoms with Crippen molar-refractivity contribution < 1.29 is 27.6 Å². The topological polar surface area (TPSA) is 146 Å². The van der Waals surface area contributed by atoms with Crippen molar-refractivity contribution in [3.05, 3.63) is 92.2 Å². The molecule has 2 heterocycles. The first-order chi connectivity index (χ1) is 20.8. The van der Waals surface area contributed by atoms with Gasteiger partial charge in [-0.1, -0.05) is 42.5 Å². The summed E-state index contributed by atoms with van der Waals surface area (Å²) in [6.45, 7) is 0.808. The molecule has 0 bridgehead atoms. The summed E-state index contributed by atoms with van der Waals surface area (Å²) in [5.74, 6) is 0. The van der Waals surface area contributed by atoms with Gasteiger partial charge in [0.15, 0.2) is 11.1 Å². The summed E-state index contributed by atoms with van der Waals surface area (Å²) >= 11 is 2.11. The minimum absolute atomic E-state index is 0.0602. The maximum absolute atomic E-state index is 14.0. The number of aromatic nitrogens is 2. The number of anilines is 1. The van der Waals surface area contributed by atoms with Crippen LogP contribution in [0.4, 0.5) is 16.2 Å². The smallest absolute Gasteiger partial charge is 0.407 e. The number of rotatable bonds is 11. The molecule has 0 radical (unpaired) electrons. The van der Waals surface area contributed by atoms with Crippen LogP contribution in [0.2, 0.25) is 0 Å². The van der Waals surface area contributed by atoms with Crippen molar-refractivity contribution in [3.63, 3.8) is 0 Å². The Morgan fingerprint density at radius 2 is 1.91 bits per heavy atom. The Bertz CT molecular complexity index is 1710. The summed E-state index contributed by atoms with van der Waals surface area (Å²) in [4.78, 5) is 22.8. The summed E-state index contributed by atoms with van der Waals surface area (Å²) in [5.41, 5.74) is 1.43. The monoisotopic (exact) mass is 719 g/mol. The van der Waals surface area contributed by atoms with Crippen LogP contribution in [0.3, 0.4) is 0 Å². The molecule has 43 heavy (non-hydrogen) atoms. The maximum Gasteiger partial charge on any atom is 0.407 e. The molecule has 1 saturated heterocycles. The van der Waals surface area contributed by atoms with Crippen LogP contribution in [0.5, 0.6) is 0 Å². The molecule has 1 amide bonds. The van der Waals surface area contributed by atoms with Crippen LogP contribution in [0.15, 0.2) is 77.7 Å². The first kappa shape index (κ1) is 30.7. The second-order valence-corrected chi connectivity index (χ2v) is 12.8. The van der Waals surface area contributed by atoms with Crippen LogP contribution in [-0.4, -0.2) is 48.9 Å². The van der Waals surface area contributed by atoms with Gasteiger partial charge in [-0.15, -0.1) is 0 Å². The lowest BCUT2D eigenvalue weighted by atomic mass is 10.2. The number of carbonyl (C=O) groups excluding carboxylic acids is 1. The zero-order valence-electron chi connectivity index (χ0n) is 23.1. The van der Waals surface area contributed by atoms with Crippen LogP contribution in [-0.2, 0) is 26.1 Å². The molecule has 1 fully saturated rings. The Hall–Kier alpha value is -3.76. The molecule has 0 saturated carbocycles. The Morgan fingerprint density at radius 3 is 2.65 bits per heavy atom. The van der Waals surface area contributed by atoms with Gasteiger partial charge in [-0.2, -0.15) is 5.10 Å². The van der Waals surface area contributed by atoms with Gasteiger partial charge in [0.2, 0.25) is 0 Å². The molecule has 1 N–H and O–H groups in total. The van der Waals surface area contributed by atoms with Crippen molar-refractivity contribution in [2.45, 2.75) is 43.4 Å². The number of para-hydroxylation sites is 1. The van der Waals surface area contributed by atoms with E-state index in [1.165, 1.54) is 18.2 Å². The minimum Gasteiger partial charge on any atom is -0.445 e. The zero-order chi connectivity index (χ0) is 30.4. The number of benzene rings is 3. The lowest BCUT2D eigenvalue weighted by Crippen LogP contribution is -2.35. The summed E-state index contributed by atoms with van der Waals surface area (Å²) < 4.78 is 42.8. The average Bonchev–Trinajstić information content (AvgIpc) is 3.36. The highest BCUT2D eigenvalue weighted by atomic mass is 127. The van der Waals surface area contributed by atoms with Crippen LogP contribution in [0.25, 0.3) is 10.9 Å². The third-order valence-electron chi connectivity index (χ3n) is 7.01. The lowest BCUT2D eigenvalue weighted by Gasteiger charge is -2.25. The van der Waals surface area contributed by atoms with E-state index in [1.54, 1.807) is 18.2 Å². The SMILES string of the molecule is O=C(NCCCN(c1ccc2c(c1)c(I)nn2C1CCCCO1)S(=O)(=O)c1ccccc1[N+](=O)[O-])OCc1ccccc1. The van der Waals surface area contributed by atoms with E-state index in [0.717, 1.165) is 46.1 Å². The zero-order valence-corrected chi connectivity index (χ0v) is 26.1. The van der Waals surface area contributed by atoms with Gasteiger partial charge in [0.05, 0.1) is 16.1 Å². The summed E-state index contributed by atoms with van der Waals surface area (Å²) in [6.07, 6.45) is 2.22. The second-order valence-electron chi connectivity index (χ2n) is 9.90. The van der Waals surface area contributed by atoms with E-state index >= 15 is 0 Å². The number of hydrogen-bond donors (Lipinski definition) is 1. The summed E-state index contributed by atoms with van der Waals surface area (Å²) in [5, 5.41) is 19.8. The Kier molecular flexibility index (Phi) is 9.77. The number of fused-ring (bicyclic) bond motifs is 1. The van der Waals surface area contributed by atoms with Crippen molar-refractivity contribution >= 4 is 61.0 Å². The number of carbonyl (C=O) groups is 1. The maximum atomic E-state index is 14.0. The molecule has 4 aromatic rings. The third-order valence-corrected chi connectivity index (χ3v) is 9.68. The third kappa shape index (κ3) is 7.08. The Labute approximate surface area is 262 Å². The largest absolute Gasteiger partial charge is 0.445 e. The predicted molar refractivity (Wildman–Crippen MR) is 168 cm³/mol. The molecule has 3 aromatic carbocycles. The minimum atomic E-state index is -4.38. The molecule has 0 spiro atoms. The Balaban J connectivity index is 1.39. The van der Waals surface area contributed by atoms with Gasteiger partial charge in [0.25, 0.3) is 15.7 Å². The molecular formula is C29H30IN5O7S. The summed E-state index contributed by atoms with van der Waals surface area (Å²) in [7, 11) is -4.38. The van der Waals surface area contributed by atoms with Crippen LogP contribution in [0.1, 0.15) is 37.5 Å². The van der Waals surface area contributed by atoms with Crippen molar-refractivity contribution in [2.24, 2.45) is 0 Å². The number of halogens is 1. The number of nitro groups is 1. The molecule has 226 valence electrons. The van der Waals surface area contributed by atoms with E-state index in [0.29, 0.717) is 16.0 Å². The normalized spacial score (nSPS) is 15.2. The number of nitro benzene ring substituents is 1. The molecule has 5 rings (SSSR count). The van der Waals surface area contributed by atoms with Crippen LogP contribution >= 0.6 is 22.6 Å². The molecular weight excluding hydrogens is 689 g/mol. The van der Waals surface area contributed by atoms with Gasteiger partial charge in [-0.05, 0) is 78.1 Å². The molecule has 1 aromatic heterocycles. The fourth-order valence-electron chi connectivity index (χ4n) is 4.90. The molecule has 12 nitrogen and oxygen atoms in total. The fraction of sp³-hybridized carbons (Fsp3) is 0.310. The number of nitrogens with zero attached hydrogens (tertiary/aromatic N) is 4. The molecule has 1 atom stereocenters. The second kappa shape index (κ2) is 13.7. The van der Waals surface area contributed by atoms with Gasteiger partial charge >= 0.3 is 6.09 Å². The first-order valence-corrected chi connectivity index (χ1v) is 16.3. The number of amides is 1. The highest BCUT2D eigenvalue weighted by Gasteiger charge is 2.32. The van der Waals surface area contributed by atoms with Crippen molar-refractivity contribution in [3.8, 4) is 0 Å². The van der Waals surface area contributed by atoms with Gasteiger partial charge in [-0.3, -0.25) is 14.4 Å². The number of ether oxygens (including phenoxy) is 2. The first-order valence-electron chi connectivity index (χ1n) is 13.8. The van der Waals surface area contributed by atoms with E-state index in [1.807, 2.05) is 35.0 Å². The number of sulfonamides is 1. The quantitative estimate of drug-likeness (QED) is 0.0892. The molecule has 1 aliphatic heterocycles. The Morgan fingerprint density at radius 1 is 1.14 bits per heavy atom. The van der Waals surface area contributed by atoms with Crippen LogP contribution < -0.4 is 9.62 Å². The predicted octanol–water partition coefficient (Wildman–Crippen LogP) is 5.76. The average molecular weight is 720 g/mol. The lowest BCUT2D eigenvalue weighted by molar-refractivity contribution is -0.387. The van der Waals surface area contributed by atoms with Crippen molar-refractivity contribution in [1.82, 2.24) is 15.1 Å². The molecule has 0 aliphatic carbocycles. The van der Waals surface area contributed by atoms with Gasteiger partial charge in [0.1, 0.15) is 10.3 Å². The number of nitrogens with one attached hydrogen (secondary N) is 1. The van der Waals surface area contributed by atoms with E-state index in [9.17, 15) is 23.3 Å². The van der Waals surface area contributed by atoms with Crippen LogP contribution in [0, 0.1) is 13.8 Å². The number of hydrogen-bond acceptors (Lipinski definition) is 8. The highest BCUT2D eigenvalue weighted by Crippen LogP contribution is 2.34. The molecule has 1 unspecified atom stereocenters. The van der Waals surface area contributed by atoms with E-state index < -0.39 is 31.6 Å². The number of alkyl carbamates (subject to hydrolysis) is 1. The van der Waals surface area contributed by atoms with Gasteiger partial charge < -0.3 is 14.8 Å². The van der Waals surface area contributed by atoms with E-state index in [4.69, 9.17) is 9.47 Å². The molecule has 1 aliphatic rings. The van der Waals surface area contributed by atoms with Crippen molar-refractivity contribution in [1.29, 1.82) is 0 Å². The standard InChI is InChI=1S/C29H30IN5O7S/c30-28-23-19-22(14-15-24(23)34(32-28)27-13-6-7-18-41-27)33(43(39,40)26-12-5-4-11-25(26)35(37)38)17-8-16-31-29(36)42-20-21-9-2-1-3-10-21/h1-5,9-12,14-15,19,27H,6-8,13,16-18,20H2,(H,31,36). The summed E-state index contributed by atoms with van der Waals surface area (Å²) in [6, 6.07) is 19.6. The molecule has 14 heteroatoms. The van der Waals surface area contributed by atoms with Gasteiger partial charge in [0, 0.05) is 31.1 Å². The highest BCUT2D eigenvalue weighted by molar-refractivity contribution is 14.1. The van der Waals surface area contributed by atoms with E-state index in [2.05, 4.69) is 33.0 Å². The van der Waals surface area contributed by atoms with Gasteiger partial charge in [-0.25, -0.2) is 17.9 Å². The fourth-order valence-corrected chi connectivity index (χ4v) is 7.22. The van der Waals surface area contributed by atoms with E-state index in [-0.39, 0.29) is 32.3 Å².